The van der Waals surface area contributed by atoms with Crippen molar-refractivity contribution >= 4 is 9.84 Å². The van der Waals surface area contributed by atoms with Gasteiger partial charge in [0.2, 0.25) is 0 Å². The minimum atomic E-state index is -3.13. The van der Waals surface area contributed by atoms with Crippen LogP contribution in [0.25, 0.3) is 0 Å². The van der Waals surface area contributed by atoms with Gasteiger partial charge in [-0.15, -0.1) is 10.2 Å². The molecule has 2 aliphatic rings. The lowest BCUT2D eigenvalue weighted by molar-refractivity contribution is 0.247. The number of rotatable bonds is 4. The van der Waals surface area contributed by atoms with Crippen LogP contribution in [0.5, 0.6) is 0 Å². The van der Waals surface area contributed by atoms with Crippen LogP contribution in [0.3, 0.4) is 0 Å². The number of sulfone groups is 1. The highest BCUT2D eigenvalue weighted by atomic mass is 32.2. The first kappa shape index (κ1) is 16.0. The van der Waals surface area contributed by atoms with Crippen molar-refractivity contribution in [3.63, 3.8) is 0 Å². The summed E-state index contributed by atoms with van der Waals surface area (Å²) in [5, 5.41) is 8.39. The van der Waals surface area contributed by atoms with Crippen LogP contribution in [-0.4, -0.2) is 28.9 Å². The van der Waals surface area contributed by atoms with Crippen molar-refractivity contribution in [3.05, 3.63) is 11.6 Å². The molecule has 0 saturated heterocycles. The molecule has 6 heteroatoms. The first-order chi connectivity index (χ1) is 10.5. The van der Waals surface area contributed by atoms with Crippen molar-refractivity contribution in [1.82, 2.24) is 14.8 Å². The van der Waals surface area contributed by atoms with Crippen LogP contribution in [0.1, 0.15) is 69.9 Å². The Kier molecular flexibility index (Phi) is 4.57. The molecule has 1 aliphatic heterocycles. The summed E-state index contributed by atoms with van der Waals surface area (Å²) in [7, 11) is -3.13. The molecule has 124 valence electrons. The first-order valence-corrected chi connectivity index (χ1v) is 10.4. The van der Waals surface area contributed by atoms with E-state index in [1.165, 1.54) is 12.8 Å². The van der Waals surface area contributed by atoms with Crippen LogP contribution >= 0.6 is 0 Å². The van der Waals surface area contributed by atoms with E-state index in [4.69, 9.17) is 0 Å². The van der Waals surface area contributed by atoms with Crippen molar-refractivity contribution in [1.29, 1.82) is 0 Å². The third kappa shape index (κ3) is 3.70. The number of nitrogens with zero attached hydrogens (tertiary/aromatic N) is 3. The van der Waals surface area contributed by atoms with Crippen LogP contribution in [0.15, 0.2) is 0 Å². The fourth-order valence-electron chi connectivity index (χ4n) is 3.98. The van der Waals surface area contributed by atoms with Gasteiger partial charge in [0.1, 0.15) is 17.4 Å². The zero-order chi connectivity index (χ0) is 15.6. The maximum absolute atomic E-state index is 12.7. The minimum Gasteiger partial charge on any atom is -0.314 e. The maximum Gasteiger partial charge on any atom is 0.158 e. The summed E-state index contributed by atoms with van der Waals surface area (Å²) in [6.07, 6.45) is 9.96. The Hall–Kier alpha value is -0.910. The average Bonchev–Trinajstić information content (AvgIpc) is 2.68. The summed E-state index contributed by atoms with van der Waals surface area (Å²) in [6, 6.07) is 0. The van der Waals surface area contributed by atoms with Crippen molar-refractivity contribution in [2.45, 2.75) is 77.0 Å². The average molecular weight is 325 g/mol. The molecular formula is C16H27N3O2S. The monoisotopic (exact) mass is 325 g/mol. The van der Waals surface area contributed by atoms with Gasteiger partial charge in [-0.1, -0.05) is 32.6 Å². The van der Waals surface area contributed by atoms with Gasteiger partial charge in [0, 0.05) is 13.0 Å². The fraction of sp³-hybridized carbons (Fsp3) is 0.875. The Morgan fingerprint density at radius 3 is 2.55 bits per heavy atom. The number of fused-ring (bicyclic) bond motifs is 1. The number of aryl methyl sites for hydroxylation is 1. The van der Waals surface area contributed by atoms with Gasteiger partial charge >= 0.3 is 0 Å². The summed E-state index contributed by atoms with van der Waals surface area (Å²) in [5.41, 5.74) is -0.0429. The molecule has 0 unspecified atom stereocenters. The standard InChI is InChI=1S/C16H27N3O2S/c1-16(9-5-3-6-10-16)13-22(20,21)12-15-18-17-14-8-4-2-7-11-19(14)15/h2-13H2,1H3. The third-order valence-corrected chi connectivity index (χ3v) is 7.00. The molecule has 1 aromatic rings. The largest absolute Gasteiger partial charge is 0.314 e. The number of aromatic nitrogens is 3. The molecular weight excluding hydrogens is 298 g/mol. The highest BCUT2D eigenvalue weighted by Crippen LogP contribution is 2.37. The molecule has 0 bridgehead atoms. The summed E-state index contributed by atoms with van der Waals surface area (Å²) >= 11 is 0. The van der Waals surface area contributed by atoms with Crippen molar-refractivity contribution in [2.24, 2.45) is 5.41 Å². The predicted molar refractivity (Wildman–Crippen MR) is 86.3 cm³/mol. The second kappa shape index (κ2) is 6.30. The normalized spacial score (nSPS) is 22.0. The molecule has 1 aliphatic carbocycles. The predicted octanol–water partition coefficient (Wildman–Crippen LogP) is 2.89. The second-order valence-corrected chi connectivity index (χ2v) is 9.46. The lowest BCUT2D eigenvalue weighted by Gasteiger charge is -2.33. The zero-order valence-electron chi connectivity index (χ0n) is 13.6. The second-order valence-electron chi connectivity index (χ2n) is 7.40. The van der Waals surface area contributed by atoms with Crippen LogP contribution in [0.2, 0.25) is 0 Å². The number of hydrogen-bond donors (Lipinski definition) is 0. The first-order valence-electron chi connectivity index (χ1n) is 8.59. The van der Waals surface area contributed by atoms with Gasteiger partial charge in [-0.2, -0.15) is 0 Å². The van der Waals surface area contributed by atoms with Crippen molar-refractivity contribution in [2.75, 3.05) is 5.75 Å². The molecule has 1 saturated carbocycles. The van der Waals surface area contributed by atoms with Gasteiger partial charge in [-0.25, -0.2) is 8.42 Å². The van der Waals surface area contributed by atoms with E-state index in [1.54, 1.807) is 0 Å². The smallest absolute Gasteiger partial charge is 0.158 e. The van der Waals surface area contributed by atoms with E-state index in [2.05, 4.69) is 17.1 Å². The Labute approximate surface area is 133 Å². The van der Waals surface area contributed by atoms with E-state index in [9.17, 15) is 8.42 Å². The summed E-state index contributed by atoms with van der Waals surface area (Å²) in [4.78, 5) is 0. The van der Waals surface area contributed by atoms with E-state index in [0.29, 0.717) is 11.6 Å². The van der Waals surface area contributed by atoms with Gasteiger partial charge < -0.3 is 4.57 Å². The molecule has 0 spiro atoms. The van der Waals surface area contributed by atoms with Crippen molar-refractivity contribution < 1.29 is 8.42 Å². The van der Waals surface area contributed by atoms with Crippen molar-refractivity contribution in [3.8, 4) is 0 Å². The highest BCUT2D eigenvalue weighted by molar-refractivity contribution is 7.90. The Morgan fingerprint density at radius 1 is 1.05 bits per heavy atom. The maximum atomic E-state index is 12.7. The lowest BCUT2D eigenvalue weighted by Crippen LogP contribution is -2.30. The topological polar surface area (TPSA) is 64.8 Å². The van der Waals surface area contributed by atoms with E-state index < -0.39 is 9.84 Å². The Morgan fingerprint density at radius 2 is 1.77 bits per heavy atom. The zero-order valence-corrected chi connectivity index (χ0v) is 14.4. The van der Waals surface area contributed by atoms with Crippen LogP contribution < -0.4 is 0 Å². The third-order valence-electron chi connectivity index (χ3n) is 5.16. The van der Waals surface area contributed by atoms with E-state index in [0.717, 1.165) is 57.3 Å². The van der Waals surface area contributed by atoms with E-state index in [-0.39, 0.29) is 11.2 Å². The Balaban J connectivity index is 1.73. The van der Waals surface area contributed by atoms with Gasteiger partial charge in [-0.05, 0) is 31.1 Å². The molecule has 0 radical (unpaired) electrons. The quantitative estimate of drug-likeness (QED) is 0.854. The fourth-order valence-corrected chi connectivity index (χ4v) is 6.04. The molecule has 2 heterocycles. The molecule has 0 amide bonds. The molecule has 0 N–H and O–H groups in total. The molecule has 1 aromatic heterocycles. The summed E-state index contributed by atoms with van der Waals surface area (Å²) in [6.45, 7) is 3.00. The molecule has 3 rings (SSSR count). The molecule has 22 heavy (non-hydrogen) atoms. The highest BCUT2D eigenvalue weighted by Gasteiger charge is 2.33. The summed E-state index contributed by atoms with van der Waals surface area (Å²) < 4.78 is 27.4. The lowest BCUT2D eigenvalue weighted by atomic mass is 9.77. The van der Waals surface area contributed by atoms with Gasteiger partial charge in [0.25, 0.3) is 0 Å². The van der Waals surface area contributed by atoms with E-state index in [1.807, 2.05) is 4.57 Å². The van der Waals surface area contributed by atoms with Gasteiger partial charge in [0.15, 0.2) is 9.84 Å². The minimum absolute atomic E-state index is 0.0429. The van der Waals surface area contributed by atoms with Gasteiger partial charge in [0.05, 0.1) is 5.75 Å². The van der Waals surface area contributed by atoms with Crippen LogP contribution in [0.4, 0.5) is 0 Å². The molecule has 0 atom stereocenters. The van der Waals surface area contributed by atoms with Gasteiger partial charge in [-0.3, -0.25) is 0 Å². The number of hydrogen-bond acceptors (Lipinski definition) is 4. The molecule has 1 fully saturated rings. The van der Waals surface area contributed by atoms with E-state index >= 15 is 0 Å². The Bertz CT molecular complexity index is 615. The molecule has 0 aromatic carbocycles. The molecule has 5 nitrogen and oxygen atoms in total. The van der Waals surface area contributed by atoms with Crippen LogP contribution in [0, 0.1) is 5.41 Å². The summed E-state index contributed by atoms with van der Waals surface area (Å²) in [5.74, 6) is 1.96. The SMILES string of the molecule is CC1(CS(=O)(=O)Cc2nnc3n2CCCCC3)CCCCC1. The van der Waals surface area contributed by atoms with Crippen LogP contribution in [-0.2, 0) is 28.6 Å².